The van der Waals surface area contributed by atoms with Crippen LogP contribution in [0.25, 0.3) is 0 Å². The van der Waals surface area contributed by atoms with Crippen molar-refractivity contribution in [3.63, 3.8) is 0 Å². The third kappa shape index (κ3) is 66.2. The molecule has 0 bridgehead atoms. The summed E-state index contributed by atoms with van der Waals surface area (Å²) in [6.07, 6.45) is 96.4. The third-order valence-electron chi connectivity index (χ3n) is 14.1. The molecule has 1 unspecified atom stereocenters. The second-order valence-electron chi connectivity index (χ2n) is 22.0. The molecule has 1 atom stereocenters. The number of carbonyl (C=O) groups excluding carboxylic acids is 3. The molecule has 0 saturated carbocycles. The topological polar surface area (TPSA) is 78.9 Å². The van der Waals surface area contributed by atoms with Crippen LogP contribution in [0.2, 0.25) is 0 Å². The molecule has 0 radical (unpaired) electrons. The summed E-state index contributed by atoms with van der Waals surface area (Å²) >= 11 is 0. The summed E-state index contributed by atoms with van der Waals surface area (Å²) in [5.74, 6) is -1.05. The fourth-order valence-corrected chi connectivity index (χ4v) is 9.16. The molecule has 0 aliphatic rings. The number of hydrogen-bond donors (Lipinski definition) is 0. The Morgan fingerprint density at radius 3 is 0.840 bits per heavy atom. The van der Waals surface area contributed by atoms with E-state index in [0.717, 1.165) is 96.3 Å². The van der Waals surface area contributed by atoms with Crippen LogP contribution in [0.4, 0.5) is 0 Å². The van der Waals surface area contributed by atoms with Gasteiger partial charge in [-0.15, -0.1) is 0 Å². The SMILES string of the molecule is CC/C=C\C/C=C\C/C=C\C/C=C\C/C=C\C/C=C\CCC(=O)OC(COC(=O)CCCC/C=C\C/C=C\C/C=C\C/C=C\CC)COC(=O)CCCCCCCCCCCCCCCCCCC/C=C\CCCCCCCCCC. The van der Waals surface area contributed by atoms with Crippen molar-refractivity contribution in [3.05, 3.63) is 134 Å². The van der Waals surface area contributed by atoms with Crippen molar-refractivity contribution in [1.82, 2.24) is 0 Å². The van der Waals surface area contributed by atoms with E-state index in [2.05, 4.69) is 142 Å². The molecule has 460 valence electrons. The maximum absolute atomic E-state index is 12.9. The fourth-order valence-electron chi connectivity index (χ4n) is 9.16. The van der Waals surface area contributed by atoms with Crippen LogP contribution in [0, 0.1) is 0 Å². The number of carbonyl (C=O) groups is 3. The lowest BCUT2D eigenvalue weighted by Crippen LogP contribution is -2.30. The smallest absolute Gasteiger partial charge is 0.306 e. The molecule has 0 amide bonds. The number of hydrogen-bond acceptors (Lipinski definition) is 6. The molecule has 0 aliphatic heterocycles. The largest absolute Gasteiger partial charge is 0.462 e. The highest BCUT2D eigenvalue weighted by atomic mass is 16.6. The van der Waals surface area contributed by atoms with Gasteiger partial charge in [-0.2, -0.15) is 0 Å². The molecule has 0 aromatic rings. The van der Waals surface area contributed by atoms with Crippen molar-refractivity contribution < 1.29 is 28.6 Å². The molecule has 0 aliphatic carbocycles. The molecule has 0 heterocycles. The predicted octanol–water partition coefficient (Wildman–Crippen LogP) is 23.3. The summed E-state index contributed by atoms with van der Waals surface area (Å²) in [5.41, 5.74) is 0. The van der Waals surface area contributed by atoms with E-state index in [1.165, 1.54) is 154 Å². The third-order valence-corrected chi connectivity index (χ3v) is 14.1. The Labute approximate surface area is 500 Å². The lowest BCUT2D eigenvalue weighted by Gasteiger charge is -2.18. The lowest BCUT2D eigenvalue weighted by molar-refractivity contribution is -0.166. The maximum atomic E-state index is 12.9. The summed E-state index contributed by atoms with van der Waals surface area (Å²) in [7, 11) is 0. The van der Waals surface area contributed by atoms with Gasteiger partial charge in [-0.05, 0) is 122 Å². The van der Waals surface area contributed by atoms with Crippen molar-refractivity contribution >= 4 is 17.9 Å². The average molecular weight is 1120 g/mol. The van der Waals surface area contributed by atoms with E-state index in [1.54, 1.807) is 0 Å². The molecule has 0 saturated heterocycles. The molecule has 0 spiro atoms. The van der Waals surface area contributed by atoms with Crippen molar-refractivity contribution in [2.75, 3.05) is 13.2 Å². The van der Waals surface area contributed by atoms with E-state index in [9.17, 15) is 14.4 Å². The van der Waals surface area contributed by atoms with Gasteiger partial charge in [-0.25, -0.2) is 0 Å². The second kappa shape index (κ2) is 68.1. The van der Waals surface area contributed by atoms with Crippen LogP contribution < -0.4 is 0 Å². The summed E-state index contributed by atoms with van der Waals surface area (Å²) in [4.78, 5) is 38.3. The first-order valence-corrected chi connectivity index (χ1v) is 33.7. The van der Waals surface area contributed by atoms with Crippen molar-refractivity contribution in [2.45, 2.75) is 309 Å². The molecule has 0 aromatic heterocycles. The molecule has 0 fully saturated rings. The van der Waals surface area contributed by atoms with Gasteiger partial charge in [0.2, 0.25) is 0 Å². The molecule has 0 rings (SSSR count). The first kappa shape index (κ1) is 76.5. The zero-order valence-corrected chi connectivity index (χ0v) is 52.8. The quantitative estimate of drug-likeness (QED) is 0.0261. The van der Waals surface area contributed by atoms with Gasteiger partial charge in [0.05, 0.1) is 0 Å². The molecular formula is C75H124O6. The minimum absolute atomic E-state index is 0.124. The van der Waals surface area contributed by atoms with Crippen LogP contribution in [-0.4, -0.2) is 37.2 Å². The maximum Gasteiger partial charge on any atom is 0.306 e. The minimum atomic E-state index is -0.841. The van der Waals surface area contributed by atoms with Crippen molar-refractivity contribution in [3.8, 4) is 0 Å². The van der Waals surface area contributed by atoms with Gasteiger partial charge in [0.25, 0.3) is 0 Å². The van der Waals surface area contributed by atoms with Gasteiger partial charge in [0.15, 0.2) is 6.10 Å². The number of allylic oxidation sites excluding steroid dienone is 22. The Hall–Kier alpha value is -4.45. The highest BCUT2D eigenvalue weighted by Crippen LogP contribution is 2.16. The van der Waals surface area contributed by atoms with Crippen LogP contribution in [0.3, 0.4) is 0 Å². The van der Waals surface area contributed by atoms with Crippen molar-refractivity contribution in [2.24, 2.45) is 0 Å². The van der Waals surface area contributed by atoms with Crippen LogP contribution in [0.1, 0.15) is 303 Å². The van der Waals surface area contributed by atoms with Gasteiger partial charge >= 0.3 is 17.9 Å². The molecule has 81 heavy (non-hydrogen) atoms. The Bertz CT molecular complexity index is 1720. The van der Waals surface area contributed by atoms with E-state index in [0.29, 0.717) is 19.3 Å². The zero-order chi connectivity index (χ0) is 58.5. The highest BCUT2D eigenvalue weighted by Gasteiger charge is 2.19. The van der Waals surface area contributed by atoms with Crippen LogP contribution in [0.5, 0.6) is 0 Å². The minimum Gasteiger partial charge on any atom is -0.462 e. The Balaban J connectivity index is 4.38. The Kier molecular flexibility index (Phi) is 64.3. The number of unbranched alkanes of at least 4 members (excludes halogenated alkanes) is 27. The predicted molar refractivity (Wildman–Crippen MR) is 353 cm³/mol. The van der Waals surface area contributed by atoms with Crippen LogP contribution in [-0.2, 0) is 28.6 Å². The van der Waals surface area contributed by atoms with Crippen molar-refractivity contribution in [1.29, 1.82) is 0 Å². The van der Waals surface area contributed by atoms with Gasteiger partial charge in [-0.1, -0.05) is 296 Å². The first-order valence-electron chi connectivity index (χ1n) is 33.7. The zero-order valence-electron chi connectivity index (χ0n) is 52.8. The Morgan fingerprint density at radius 2 is 0.506 bits per heavy atom. The van der Waals surface area contributed by atoms with E-state index >= 15 is 0 Å². The van der Waals surface area contributed by atoms with Crippen LogP contribution >= 0.6 is 0 Å². The van der Waals surface area contributed by atoms with Gasteiger partial charge in [0, 0.05) is 19.3 Å². The fraction of sp³-hybridized carbons (Fsp3) is 0.667. The van der Waals surface area contributed by atoms with E-state index < -0.39 is 12.1 Å². The monoisotopic (exact) mass is 1120 g/mol. The lowest BCUT2D eigenvalue weighted by atomic mass is 10.0. The molecule has 6 heteroatoms. The summed E-state index contributed by atoms with van der Waals surface area (Å²) in [6.45, 7) is 6.33. The summed E-state index contributed by atoms with van der Waals surface area (Å²) in [6, 6.07) is 0. The number of esters is 3. The summed E-state index contributed by atoms with van der Waals surface area (Å²) < 4.78 is 16.8. The van der Waals surface area contributed by atoms with Crippen LogP contribution in [0.15, 0.2) is 134 Å². The normalized spacial score (nSPS) is 13.0. The molecule has 0 aromatic carbocycles. The second-order valence-corrected chi connectivity index (χ2v) is 22.0. The molecule has 6 nitrogen and oxygen atoms in total. The van der Waals surface area contributed by atoms with E-state index in [4.69, 9.17) is 14.2 Å². The standard InChI is InChI=1S/C75H124O6/c1-4-7-10-13-16-19-22-25-28-30-32-33-34-35-36-37-38-39-40-41-43-44-47-50-53-56-59-62-65-68-74(77)80-71-72(70-79-73(76)67-64-61-58-55-52-49-46-27-24-21-18-15-12-9-6-3)81-75(78)69-66-63-60-57-54-51-48-45-42-31-29-26-23-20-17-14-11-8-5-2/h8-9,11-12,17-18,20-21,26-27,29-30,32,42,45-46,51-52,54-55,60,63,72H,4-7,10,13-16,19,22-25,28,31,33-41,43-44,47-50,53,56-59,61-62,64-71H2,1-3H3/b11-8-,12-9-,20-17-,21-18-,29-26-,32-30-,45-42-,46-27-,54-51-,55-52-,63-60-. The Morgan fingerprint density at radius 1 is 0.259 bits per heavy atom. The van der Waals surface area contributed by atoms with Gasteiger partial charge in [-0.3, -0.25) is 14.4 Å². The summed E-state index contributed by atoms with van der Waals surface area (Å²) in [5, 5.41) is 0. The van der Waals surface area contributed by atoms with E-state index in [1.807, 2.05) is 12.2 Å². The number of ether oxygens (including phenoxy) is 3. The van der Waals surface area contributed by atoms with Gasteiger partial charge < -0.3 is 14.2 Å². The van der Waals surface area contributed by atoms with Gasteiger partial charge in [0.1, 0.15) is 13.2 Å². The molecule has 0 N–H and O–H groups in total. The highest BCUT2D eigenvalue weighted by molar-refractivity contribution is 5.71. The number of rotatable bonds is 60. The van der Waals surface area contributed by atoms with E-state index in [-0.39, 0.29) is 38.0 Å². The first-order chi connectivity index (χ1) is 40.0. The average Bonchev–Trinajstić information content (AvgIpc) is 3.47. The molecular weight excluding hydrogens is 997 g/mol.